The van der Waals surface area contributed by atoms with Gasteiger partial charge in [0.25, 0.3) is 0 Å². The minimum absolute atomic E-state index is 0.223. The third kappa shape index (κ3) is 6.29. The molecule has 0 bridgehead atoms. The molecule has 1 fully saturated rings. The minimum Gasteiger partial charge on any atom is -0.396 e. The normalized spacial score (nSPS) is 20.5. The standard InChI is InChI=1S/C32H35N3O4/c1-22(37)31-28(21-36)30(32(38)33-18-17-26-19-34-29-10-6-5-9-27(26)29)35(39-31)20-25-15-13-24(14-16-25)12-11-23-7-3-2-4-8-23/h2-16,19,22,28,30-31,34,36-37H,17-18,20-21H2,1H3,(H,33,38)/b12-11-/t22-,28-,30-,31-/m1/s1. The van der Waals surface area contributed by atoms with E-state index in [1.54, 1.807) is 12.0 Å². The molecule has 202 valence electrons. The highest BCUT2D eigenvalue weighted by Crippen LogP contribution is 2.31. The highest BCUT2D eigenvalue weighted by Gasteiger charge is 2.48. The number of carbonyl (C=O) groups is 1. The maximum absolute atomic E-state index is 13.4. The number of nitrogens with one attached hydrogen (secondary N) is 2. The highest BCUT2D eigenvalue weighted by atomic mass is 16.7. The maximum Gasteiger partial charge on any atom is 0.240 e. The number of aliphatic hydroxyl groups is 2. The minimum atomic E-state index is -0.834. The molecule has 3 aromatic carbocycles. The predicted octanol–water partition coefficient (Wildman–Crippen LogP) is 4.17. The summed E-state index contributed by atoms with van der Waals surface area (Å²) in [6, 6.07) is 25.5. The molecule has 0 radical (unpaired) electrons. The van der Waals surface area contributed by atoms with Crippen molar-refractivity contribution in [2.45, 2.75) is 38.1 Å². The fourth-order valence-electron chi connectivity index (χ4n) is 5.24. The predicted molar refractivity (Wildman–Crippen MR) is 153 cm³/mol. The Morgan fingerprint density at radius 2 is 1.72 bits per heavy atom. The van der Waals surface area contributed by atoms with Gasteiger partial charge in [-0.15, -0.1) is 0 Å². The van der Waals surface area contributed by atoms with Crippen LogP contribution in [-0.2, 0) is 22.6 Å². The number of hydrogen-bond donors (Lipinski definition) is 4. The number of nitrogens with zero attached hydrogens (tertiary/aromatic N) is 1. The number of hydrogen-bond acceptors (Lipinski definition) is 5. The molecule has 0 saturated carbocycles. The second-order valence-corrected chi connectivity index (χ2v) is 10.1. The zero-order chi connectivity index (χ0) is 27.2. The van der Waals surface area contributed by atoms with E-state index < -0.39 is 24.2 Å². The molecule has 5 rings (SSSR count). The van der Waals surface area contributed by atoms with Crippen LogP contribution in [0.5, 0.6) is 0 Å². The van der Waals surface area contributed by atoms with Gasteiger partial charge in [-0.3, -0.25) is 9.63 Å². The van der Waals surface area contributed by atoms with Gasteiger partial charge in [0.1, 0.15) is 12.1 Å². The molecule has 0 spiro atoms. The van der Waals surface area contributed by atoms with Gasteiger partial charge < -0.3 is 20.5 Å². The first-order valence-corrected chi connectivity index (χ1v) is 13.4. The van der Waals surface area contributed by atoms with E-state index in [2.05, 4.69) is 40.7 Å². The number of aromatic amines is 1. The van der Waals surface area contributed by atoms with Crippen LogP contribution in [0.15, 0.2) is 85.1 Å². The Bertz CT molecular complexity index is 1400. The van der Waals surface area contributed by atoms with Crippen molar-refractivity contribution in [1.29, 1.82) is 0 Å². The maximum atomic E-state index is 13.4. The summed E-state index contributed by atoms with van der Waals surface area (Å²) < 4.78 is 0. The molecule has 7 nitrogen and oxygen atoms in total. The van der Waals surface area contributed by atoms with E-state index in [0.29, 0.717) is 19.5 Å². The Labute approximate surface area is 228 Å². The number of benzene rings is 3. The van der Waals surface area contributed by atoms with Crippen LogP contribution in [0.25, 0.3) is 23.1 Å². The third-order valence-corrected chi connectivity index (χ3v) is 7.30. The van der Waals surface area contributed by atoms with Crippen molar-refractivity contribution in [3.63, 3.8) is 0 Å². The number of aliphatic hydroxyl groups excluding tert-OH is 2. The number of carbonyl (C=O) groups excluding carboxylic acids is 1. The van der Waals surface area contributed by atoms with Crippen LogP contribution in [0.4, 0.5) is 0 Å². The lowest BCUT2D eigenvalue weighted by atomic mass is 9.92. The SMILES string of the molecule is C[C@@H](O)[C@H]1ON(Cc2ccc(/C=C\c3ccccc3)cc2)[C@@H](C(=O)NCCc2c[nH]c3ccccc23)[C@H]1CO. The van der Waals surface area contributed by atoms with Gasteiger partial charge in [0.15, 0.2) is 0 Å². The average Bonchev–Trinajstić information content (AvgIpc) is 3.54. The summed E-state index contributed by atoms with van der Waals surface area (Å²) in [7, 11) is 0. The second-order valence-electron chi connectivity index (χ2n) is 10.1. The first kappa shape index (κ1) is 26.8. The van der Waals surface area contributed by atoms with Gasteiger partial charge in [-0.05, 0) is 41.7 Å². The quantitative estimate of drug-likeness (QED) is 0.233. The summed E-state index contributed by atoms with van der Waals surface area (Å²) in [5.41, 5.74) is 5.35. The molecule has 1 aliphatic heterocycles. The van der Waals surface area contributed by atoms with E-state index in [1.165, 1.54) is 0 Å². The van der Waals surface area contributed by atoms with E-state index in [9.17, 15) is 15.0 Å². The molecule has 0 unspecified atom stereocenters. The number of amides is 1. The zero-order valence-corrected chi connectivity index (χ0v) is 22.0. The summed E-state index contributed by atoms with van der Waals surface area (Å²) in [6.45, 7) is 2.15. The molecule has 39 heavy (non-hydrogen) atoms. The van der Waals surface area contributed by atoms with Gasteiger partial charge in [-0.2, -0.15) is 5.06 Å². The fourth-order valence-corrected chi connectivity index (χ4v) is 5.24. The number of aromatic nitrogens is 1. The molecule has 1 amide bonds. The van der Waals surface area contributed by atoms with Crippen molar-refractivity contribution < 1.29 is 19.8 Å². The van der Waals surface area contributed by atoms with Crippen LogP contribution in [0.1, 0.15) is 29.2 Å². The zero-order valence-electron chi connectivity index (χ0n) is 22.0. The summed E-state index contributed by atoms with van der Waals surface area (Å²) in [5, 5.41) is 26.3. The summed E-state index contributed by atoms with van der Waals surface area (Å²) in [4.78, 5) is 22.7. The van der Waals surface area contributed by atoms with E-state index in [1.807, 2.05) is 66.9 Å². The number of para-hydroxylation sites is 1. The number of H-pyrrole nitrogens is 1. The first-order valence-electron chi connectivity index (χ1n) is 13.4. The Hall–Kier alpha value is -3.75. The molecule has 7 heteroatoms. The third-order valence-electron chi connectivity index (χ3n) is 7.30. The van der Waals surface area contributed by atoms with Crippen LogP contribution in [0, 0.1) is 5.92 Å². The molecule has 4 aromatic rings. The average molecular weight is 526 g/mol. The molecule has 2 heterocycles. The molecule has 1 aromatic heterocycles. The summed E-state index contributed by atoms with van der Waals surface area (Å²) in [5.74, 6) is -0.773. The smallest absolute Gasteiger partial charge is 0.240 e. The van der Waals surface area contributed by atoms with Gasteiger partial charge >= 0.3 is 0 Å². The molecule has 4 atom stereocenters. The molecule has 1 saturated heterocycles. The van der Waals surface area contributed by atoms with Crippen molar-refractivity contribution in [2.75, 3.05) is 13.2 Å². The Morgan fingerprint density at radius 1 is 1.03 bits per heavy atom. The lowest BCUT2D eigenvalue weighted by Crippen LogP contribution is -2.48. The van der Waals surface area contributed by atoms with Crippen LogP contribution in [0.2, 0.25) is 0 Å². The van der Waals surface area contributed by atoms with E-state index >= 15 is 0 Å². The van der Waals surface area contributed by atoms with E-state index in [4.69, 9.17) is 4.84 Å². The summed E-state index contributed by atoms with van der Waals surface area (Å²) in [6.07, 6.45) is 5.26. The van der Waals surface area contributed by atoms with Gasteiger partial charge in [-0.1, -0.05) is 84.9 Å². The van der Waals surface area contributed by atoms with Crippen LogP contribution >= 0.6 is 0 Å². The molecular formula is C32H35N3O4. The Kier molecular flexibility index (Phi) is 8.54. The Balaban J connectivity index is 1.25. The highest BCUT2D eigenvalue weighted by molar-refractivity contribution is 5.84. The second kappa shape index (κ2) is 12.4. The summed E-state index contributed by atoms with van der Waals surface area (Å²) >= 11 is 0. The largest absolute Gasteiger partial charge is 0.396 e. The topological polar surface area (TPSA) is 97.8 Å². The van der Waals surface area contributed by atoms with Crippen molar-refractivity contribution in [3.05, 3.63) is 107 Å². The van der Waals surface area contributed by atoms with Gasteiger partial charge in [0.05, 0.1) is 19.3 Å². The lowest BCUT2D eigenvalue weighted by Gasteiger charge is -2.24. The van der Waals surface area contributed by atoms with Crippen LogP contribution in [0.3, 0.4) is 0 Å². The lowest BCUT2D eigenvalue weighted by molar-refractivity contribution is -0.192. The van der Waals surface area contributed by atoms with Crippen LogP contribution in [-0.4, -0.2) is 57.6 Å². The first-order chi connectivity index (χ1) is 19.0. The monoisotopic (exact) mass is 525 g/mol. The molecule has 1 aliphatic rings. The van der Waals surface area contributed by atoms with Crippen molar-refractivity contribution in [3.8, 4) is 0 Å². The number of hydroxylamine groups is 2. The van der Waals surface area contributed by atoms with Crippen molar-refractivity contribution in [2.24, 2.45) is 5.92 Å². The Morgan fingerprint density at radius 3 is 2.44 bits per heavy atom. The molecule has 0 aliphatic carbocycles. The fraction of sp³-hybridized carbons (Fsp3) is 0.281. The van der Waals surface area contributed by atoms with Crippen molar-refractivity contribution in [1.82, 2.24) is 15.4 Å². The van der Waals surface area contributed by atoms with Gasteiger partial charge in [-0.25, -0.2) is 0 Å². The number of rotatable bonds is 10. The molecular weight excluding hydrogens is 490 g/mol. The van der Waals surface area contributed by atoms with Gasteiger partial charge in [0, 0.05) is 29.6 Å². The van der Waals surface area contributed by atoms with Crippen LogP contribution < -0.4 is 5.32 Å². The van der Waals surface area contributed by atoms with E-state index in [0.717, 1.165) is 33.2 Å². The van der Waals surface area contributed by atoms with E-state index in [-0.39, 0.29) is 12.5 Å². The van der Waals surface area contributed by atoms with Gasteiger partial charge in [0.2, 0.25) is 5.91 Å². The molecule has 4 N–H and O–H groups in total. The van der Waals surface area contributed by atoms with Crippen molar-refractivity contribution >= 4 is 29.0 Å². The number of fused-ring (bicyclic) bond motifs is 1.